The first-order valence-electron chi connectivity index (χ1n) is 10.1. The molecule has 1 N–H and O–H groups in total. The summed E-state index contributed by atoms with van der Waals surface area (Å²) in [4.78, 5) is 13.4. The quantitative estimate of drug-likeness (QED) is 0.494. The van der Waals surface area contributed by atoms with Crippen molar-refractivity contribution in [2.75, 3.05) is 45.3 Å². The number of likely N-dealkylation sites (tertiary alicyclic amines) is 1. The summed E-state index contributed by atoms with van der Waals surface area (Å²) < 4.78 is 9.90. The molecule has 6 heteroatoms. The van der Waals surface area contributed by atoms with Crippen molar-refractivity contribution >= 4 is 23.3 Å². The van der Waals surface area contributed by atoms with E-state index in [1.807, 2.05) is 12.1 Å². The molecule has 0 spiro atoms. The van der Waals surface area contributed by atoms with Gasteiger partial charge in [0.15, 0.2) is 0 Å². The van der Waals surface area contributed by atoms with Gasteiger partial charge in [0.25, 0.3) is 0 Å². The number of hydrogen-bond acceptors (Lipinski definition) is 5. The van der Waals surface area contributed by atoms with Gasteiger partial charge in [-0.1, -0.05) is 35.9 Å². The average molecular weight is 417 g/mol. The van der Waals surface area contributed by atoms with Crippen LogP contribution in [0.15, 0.2) is 48.5 Å². The highest BCUT2D eigenvalue weighted by atomic mass is 35.5. The van der Waals surface area contributed by atoms with Crippen LogP contribution >= 0.6 is 11.6 Å². The molecule has 1 aliphatic rings. The van der Waals surface area contributed by atoms with Gasteiger partial charge in [-0.05, 0) is 54.7 Å². The zero-order valence-electron chi connectivity index (χ0n) is 16.9. The molecule has 5 nitrogen and oxygen atoms in total. The van der Waals surface area contributed by atoms with E-state index in [1.165, 1.54) is 23.9 Å². The summed E-state index contributed by atoms with van der Waals surface area (Å²) in [7, 11) is 1.37. The van der Waals surface area contributed by atoms with Gasteiger partial charge in [0.2, 0.25) is 0 Å². The van der Waals surface area contributed by atoms with Crippen molar-refractivity contribution in [2.45, 2.75) is 25.3 Å². The number of carbonyl (C=O) groups excluding carboxylic acids is 1. The van der Waals surface area contributed by atoms with Gasteiger partial charge in [0, 0.05) is 36.4 Å². The number of halogens is 1. The van der Waals surface area contributed by atoms with Crippen molar-refractivity contribution in [1.82, 2.24) is 4.90 Å². The molecule has 0 aliphatic carbocycles. The Morgan fingerprint density at radius 1 is 1.07 bits per heavy atom. The number of nitrogens with zero attached hydrogens (tertiary/aromatic N) is 1. The molecule has 1 heterocycles. The molecule has 0 saturated carbocycles. The standard InChI is InChI=1S/C23H29ClN2O3/c1-28-23(27)17-29-15-14-26-12-10-22(11-13-26)25-21-8-4-19(5-9-21)16-18-2-6-20(24)7-3-18/h2-9,22,25H,10-17H2,1H3. The predicted molar refractivity (Wildman–Crippen MR) is 117 cm³/mol. The number of hydrogen-bond donors (Lipinski definition) is 1. The molecular weight excluding hydrogens is 388 g/mol. The Morgan fingerprint density at radius 3 is 2.31 bits per heavy atom. The topological polar surface area (TPSA) is 50.8 Å². The van der Waals surface area contributed by atoms with Gasteiger partial charge in [0.1, 0.15) is 6.61 Å². The predicted octanol–water partition coefficient (Wildman–Crippen LogP) is 4.00. The van der Waals surface area contributed by atoms with Crippen LogP contribution in [0.5, 0.6) is 0 Å². The maximum absolute atomic E-state index is 11.0. The lowest BCUT2D eigenvalue weighted by Crippen LogP contribution is -2.40. The number of carbonyl (C=O) groups is 1. The highest BCUT2D eigenvalue weighted by Crippen LogP contribution is 2.19. The molecule has 0 atom stereocenters. The normalized spacial score (nSPS) is 15.2. The fraction of sp³-hybridized carbons (Fsp3) is 0.435. The van der Waals surface area contributed by atoms with Crippen LogP contribution in [0.3, 0.4) is 0 Å². The summed E-state index contributed by atoms with van der Waals surface area (Å²) in [5.41, 5.74) is 3.72. The summed E-state index contributed by atoms with van der Waals surface area (Å²) in [5.74, 6) is -0.327. The number of anilines is 1. The Morgan fingerprint density at radius 2 is 1.69 bits per heavy atom. The molecule has 156 valence electrons. The summed E-state index contributed by atoms with van der Waals surface area (Å²) in [5, 5.41) is 4.42. The second-order valence-electron chi connectivity index (χ2n) is 7.39. The van der Waals surface area contributed by atoms with Crippen molar-refractivity contribution in [2.24, 2.45) is 0 Å². The number of nitrogens with one attached hydrogen (secondary N) is 1. The molecule has 0 radical (unpaired) electrons. The van der Waals surface area contributed by atoms with Crippen molar-refractivity contribution in [1.29, 1.82) is 0 Å². The lowest BCUT2D eigenvalue weighted by atomic mass is 10.0. The van der Waals surface area contributed by atoms with Gasteiger partial charge in [-0.3, -0.25) is 0 Å². The molecule has 29 heavy (non-hydrogen) atoms. The number of methoxy groups -OCH3 is 1. The molecule has 0 bridgehead atoms. The SMILES string of the molecule is COC(=O)COCCN1CCC(Nc2ccc(Cc3ccc(Cl)cc3)cc2)CC1. The summed E-state index contributed by atoms with van der Waals surface area (Å²) in [6, 6.07) is 17.2. The Hall–Kier alpha value is -2.08. The van der Waals surface area contributed by atoms with Gasteiger partial charge in [0.05, 0.1) is 13.7 Å². The van der Waals surface area contributed by atoms with E-state index in [0.29, 0.717) is 12.6 Å². The van der Waals surface area contributed by atoms with Gasteiger partial charge in [-0.2, -0.15) is 0 Å². The minimum Gasteiger partial charge on any atom is -0.467 e. The second-order valence-corrected chi connectivity index (χ2v) is 7.83. The zero-order valence-corrected chi connectivity index (χ0v) is 17.7. The maximum atomic E-state index is 11.0. The fourth-order valence-corrected chi connectivity index (χ4v) is 3.63. The molecule has 1 fully saturated rings. The summed E-state index contributed by atoms with van der Waals surface area (Å²) >= 11 is 5.95. The lowest BCUT2D eigenvalue weighted by Gasteiger charge is -2.32. The smallest absolute Gasteiger partial charge is 0.331 e. The molecule has 3 rings (SSSR count). The van der Waals surface area contributed by atoms with E-state index in [4.69, 9.17) is 16.3 Å². The van der Waals surface area contributed by atoms with E-state index in [0.717, 1.165) is 43.9 Å². The Bertz CT molecular complexity index is 757. The van der Waals surface area contributed by atoms with E-state index < -0.39 is 0 Å². The molecule has 1 saturated heterocycles. The molecule has 1 aliphatic heterocycles. The largest absolute Gasteiger partial charge is 0.467 e. The van der Waals surface area contributed by atoms with E-state index in [1.54, 1.807) is 0 Å². The van der Waals surface area contributed by atoms with Crippen LogP contribution in [0, 0.1) is 0 Å². The number of rotatable bonds is 9. The van der Waals surface area contributed by atoms with E-state index in [-0.39, 0.29) is 12.6 Å². The number of benzene rings is 2. The first kappa shape index (κ1) is 21.6. The highest BCUT2D eigenvalue weighted by Gasteiger charge is 2.18. The van der Waals surface area contributed by atoms with Gasteiger partial charge >= 0.3 is 5.97 Å². The van der Waals surface area contributed by atoms with Gasteiger partial charge in [-0.15, -0.1) is 0 Å². The molecule has 0 amide bonds. The van der Waals surface area contributed by atoms with Crippen LogP contribution < -0.4 is 5.32 Å². The first-order valence-corrected chi connectivity index (χ1v) is 10.5. The van der Waals surface area contributed by atoms with Crippen LogP contribution in [-0.4, -0.2) is 56.9 Å². The Labute approximate surface area is 177 Å². The molecule has 0 unspecified atom stereocenters. The van der Waals surface area contributed by atoms with Gasteiger partial charge < -0.3 is 19.7 Å². The molecule has 2 aromatic rings. The minimum atomic E-state index is -0.327. The van der Waals surface area contributed by atoms with Crippen LogP contribution in [-0.2, 0) is 20.7 Å². The molecular formula is C23H29ClN2O3. The third kappa shape index (κ3) is 7.35. The van der Waals surface area contributed by atoms with E-state index >= 15 is 0 Å². The van der Waals surface area contributed by atoms with Crippen LogP contribution in [0.4, 0.5) is 5.69 Å². The monoisotopic (exact) mass is 416 g/mol. The molecule has 2 aromatic carbocycles. The minimum absolute atomic E-state index is 0.0303. The first-order chi connectivity index (χ1) is 14.1. The van der Waals surface area contributed by atoms with Crippen molar-refractivity contribution in [3.05, 3.63) is 64.7 Å². The van der Waals surface area contributed by atoms with Crippen LogP contribution in [0.2, 0.25) is 5.02 Å². The third-order valence-corrected chi connectivity index (χ3v) is 5.49. The number of ether oxygens (including phenoxy) is 2. The Kier molecular flexibility index (Phi) is 8.35. The molecule has 0 aromatic heterocycles. The Balaban J connectivity index is 1.37. The highest BCUT2D eigenvalue weighted by molar-refractivity contribution is 6.30. The fourth-order valence-electron chi connectivity index (χ4n) is 3.50. The van der Waals surface area contributed by atoms with E-state index in [2.05, 4.69) is 51.4 Å². The van der Waals surface area contributed by atoms with Crippen LogP contribution in [0.1, 0.15) is 24.0 Å². The van der Waals surface area contributed by atoms with Crippen molar-refractivity contribution in [3.8, 4) is 0 Å². The zero-order chi connectivity index (χ0) is 20.5. The van der Waals surface area contributed by atoms with Crippen molar-refractivity contribution in [3.63, 3.8) is 0 Å². The number of esters is 1. The second kappa shape index (κ2) is 11.2. The van der Waals surface area contributed by atoms with Crippen molar-refractivity contribution < 1.29 is 14.3 Å². The third-order valence-electron chi connectivity index (χ3n) is 5.23. The number of piperidine rings is 1. The lowest BCUT2D eigenvalue weighted by molar-refractivity contribution is -0.146. The average Bonchev–Trinajstić information content (AvgIpc) is 2.75. The van der Waals surface area contributed by atoms with E-state index in [9.17, 15) is 4.79 Å². The summed E-state index contributed by atoms with van der Waals surface area (Å²) in [6.45, 7) is 3.51. The maximum Gasteiger partial charge on any atom is 0.331 e. The van der Waals surface area contributed by atoms with Gasteiger partial charge in [-0.25, -0.2) is 4.79 Å². The van der Waals surface area contributed by atoms with Crippen LogP contribution in [0.25, 0.3) is 0 Å². The summed E-state index contributed by atoms with van der Waals surface area (Å²) in [6.07, 6.45) is 3.11.